The van der Waals surface area contributed by atoms with Gasteiger partial charge in [-0.15, -0.1) is 11.3 Å². The van der Waals surface area contributed by atoms with Crippen LogP contribution in [0.4, 0.5) is 0 Å². The van der Waals surface area contributed by atoms with Crippen molar-refractivity contribution in [1.29, 1.82) is 0 Å². The molecule has 1 aromatic rings. The molecule has 1 saturated heterocycles. The number of hydrogen-bond donors (Lipinski definition) is 1. The number of rotatable bonds is 6. The van der Waals surface area contributed by atoms with E-state index < -0.39 is 0 Å². The van der Waals surface area contributed by atoms with E-state index in [-0.39, 0.29) is 5.91 Å². The van der Waals surface area contributed by atoms with Crippen molar-refractivity contribution in [3.05, 3.63) is 21.3 Å². The van der Waals surface area contributed by atoms with Crippen LogP contribution in [-0.4, -0.2) is 56.0 Å². The Kier molecular flexibility index (Phi) is 5.84. The molecule has 2 heterocycles. The predicted octanol–water partition coefficient (Wildman–Crippen LogP) is 1.90. The quantitative estimate of drug-likeness (QED) is 0.871. The number of carbonyl (C=O) groups excluding carboxylic acids is 1. The summed E-state index contributed by atoms with van der Waals surface area (Å²) in [6.45, 7) is 4.25. The SMILES string of the molecule is CNCC1CCN(CC(=O)N(C)Cc2ccc(Cl)s2)C1. The van der Waals surface area contributed by atoms with Gasteiger partial charge in [0.15, 0.2) is 0 Å². The van der Waals surface area contributed by atoms with Gasteiger partial charge in [0.1, 0.15) is 0 Å². The molecule has 1 fully saturated rings. The first-order valence-corrected chi connectivity index (χ1v) is 8.13. The number of likely N-dealkylation sites (tertiary alicyclic amines) is 1. The van der Waals surface area contributed by atoms with Gasteiger partial charge in [-0.2, -0.15) is 0 Å². The molecule has 20 heavy (non-hydrogen) atoms. The van der Waals surface area contributed by atoms with Crippen molar-refractivity contribution < 1.29 is 4.79 Å². The first-order chi connectivity index (χ1) is 9.58. The molecule has 4 nitrogen and oxygen atoms in total. The number of halogens is 1. The van der Waals surface area contributed by atoms with E-state index in [0.29, 0.717) is 19.0 Å². The zero-order valence-electron chi connectivity index (χ0n) is 12.1. The zero-order chi connectivity index (χ0) is 14.5. The van der Waals surface area contributed by atoms with Crippen LogP contribution in [0.1, 0.15) is 11.3 Å². The van der Waals surface area contributed by atoms with Crippen molar-refractivity contribution in [2.75, 3.05) is 40.3 Å². The van der Waals surface area contributed by atoms with Crippen LogP contribution in [0.3, 0.4) is 0 Å². The minimum absolute atomic E-state index is 0.180. The third-order valence-corrected chi connectivity index (χ3v) is 4.89. The van der Waals surface area contributed by atoms with Crippen LogP contribution in [-0.2, 0) is 11.3 Å². The lowest BCUT2D eigenvalue weighted by atomic mass is 10.1. The number of thiophene rings is 1. The van der Waals surface area contributed by atoms with Gasteiger partial charge >= 0.3 is 0 Å². The van der Waals surface area contributed by atoms with E-state index in [2.05, 4.69) is 10.2 Å². The van der Waals surface area contributed by atoms with Crippen molar-refractivity contribution in [1.82, 2.24) is 15.1 Å². The molecule has 0 saturated carbocycles. The number of carbonyl (C=O) groups is 1. The standard InChI is InChI=1S/C14H22ClN3OS/c1-16-7-11-5-6-18(8-11)10-14(19)17(2)9-12-3-4-13(15)20-12/h3-4,11,16H,5-10H2,1-2H3. The van der Waals surface area contributed by atoms with Crippen molar-refractivity contribution in [3.8, 4) is 0 Å². The highest BCUT2D eigenvalue weighted by atomic mass is 35.5. The number of nitrogens with one attached hydrogen (secondary N) is 1. The second-order valence-electron chi connectivity index (χ2n) is 5.40. The van der Waals surface area contributed by atoms with Gasteiger partial charge in [0, 0.05) is 18.5 Å². The van der Waals surface area contributed by atoms with Gasteiger partial charge in [0.05, 0.1) is 17.4 Å². The minimum atomic E-state index is 0.180. The van der Waals surface area contributed by atoms with Gasteiger partial charge in [-0.3, -0.25) is 9.69 Å². The average molecular weight is 316 g/mol. The fourth-order valence-corrected chi connectivity index (χ4v) is 3.72. The van der Waals surface area contributed by atoms with Crippen molar-refractivity contribution >= 4 is 28.8 Å². The molecular formula is C14H22ClN3OS. The van der Waals surface area contributed by atoms with E-state index in [9.17, 15) is 4.79 Å². The monoisotopic (exact) mass is 315 g/mol. The van der Waals surface area contributed by atoms with Crippen LogP contribution in [0.15, 0.2) is 12.1 Å². The van der Waals surface area contributed by atoms with Gasteiger partial charge in [-0.05, 0) is 44.6 Å². The molecule has 1 aromatic heterocycles. The number of hydrogen-bond acceptors (Lipinski definition) is 4. The van der Waals surface area contributed by atoms with Gasteiger partial charge in [0.2, 0.25) is 5.91 Å². The maximum atomic E-state index is 12.2. The summed E-state index contributed by atoms with van der Waals surface area (Å²) in [4.78, 5) is 17.4. The summed E-state index contributed by atoms with van der Waals surface area (Å²) in [5.74, 6) is 0.855. The second-order valence-corrected chi connectivity index (χ2v) is 7.20. The summed E-state index contributed by atoms with van der Waals surface area (Å²) in [5.41, 5.74) is 0. The van der Waals surface area contributed by atoms with Crippen molar-refractivity contribution in [3.63, 3.8) is 0 Å². The Hall–Kier alpha value is -0.620. The molecule has 0 aromatic carbocycles. The highest BCUT2D eigenvalue weighted by Crippen LogP contribution is 2.22. The largest absolute Gasteiger partial charge is 0.340 e. The van der Waals surface area contributed by atoms with Gasteiger partial charge in [-0.1, -0.05) is 11.6 Å². The van der Waals surface area contributed by atoms with E-state index in [1.54, 1.807) is 4.90 Å². The Morgan fingerprint density at radius 3 is 3.05 bits per heavy atom. The Morgan fingerprint density at radius 2 is 2.40 bits per heavy atom. The molecule has 2 rings (SSSR count). The van der Waals surface area contributed by atoms with E-state index in [4.69, 9.17) is 11.6 Å². The average Bonchev–Trinajstić information content (AvgIpc) is 2.99. The summed E-state index contributed by atoms with van der Waals surface area (Å²) in [7, 11) is 3.84. The first-order valence-electron chi connectivity index (χ1n) is 6.93. The molecule has 1 atom stereocenters. The Morgan fingerprint density at radius 1 is 1.60 bits per heavy atom. The van der Waals surface area contributed by atoms with Crippen LogP contribution in [0.25, 0.3) is 0 Å². The lowest BCUT2D eigenvalue weighted by molar-refractivity contribution is -0.131. The van der Waals surface area contributed by atoms with Gasteiger partial charge in [-0.25, -0.2) is 0 Å². The molecule has 1 amide bonds. The molecule has 0 spiro atoms. The molecule has 6 heteroatoms. The maximum absolute atomic E-state index is 12.2. The predicted molar refractivity (Wildman–Crippen MR) is 84.3 cm³/mol. The molecule has 1 aliphatic rings. The van der Waals surface area contributed by atoms with Crippen molar-refractivity contribution in [2.24, 2.45) is 5.92 Å². The van der Waals surface area contributed by atoms with Gasteiger partial charge < -0.3 is 10.2 Å². The van der Waals surface area contributed by atoms with Crippen molar-refractivity contribution in [2.45, 2.75) is 13.0 Å². The molecule has 0 bridgehead atoms. The third kappa shape index (κ3) is 4.45. The lowest BCUT2D eigenvalue weighted by Crippen LogP contribution is -2.37. The summed E-state index contributed by atoms with van der Waals surface area (Å²) >= 11 is 7.44. The minimum Gasteiger partial charge on any atom is -0.340 e. The molecule has 112 valence electrons. The number of likely N-dealkylation sites (N-methyl/N-ethyl adjacent to an activating group) is 1. The fraction of sp³-hybridized carbons (Fsp3) is 0.643. The lowest BCUT2D eigenvalue weighted by Gasteiger charge is -2.21. The first kappa shape index (κ1) is 15.8. The highest BCUT2D eigenvalue weighted by Gasteiger charge is 2.24. The normalized spacial score (nSPS) is 19.4. The summed E-state index contributed by atoms with van der Waals surface area (Å²) < 4.78 is 0.773. The van der Waals surface area contributed by atoms with Crippen LogP contribution in [0.2, 0.25) is 4.34 Å². The molecule has 0 radical (unpaired) electrons. The summed E-state index contributed by atoms with van der Waals surface area (Å²) in [6, 6.07) is 3.86. The second kappa shape index (κ2) is 7.41. The summed E-state index contributed by atoms with van der Waals surface area (Å²) in [6.07, 6.45) is 1.18. The van der Waals surface area contributed by atoms with Crippen LogP contribution < -0.4 is 5.32 Å². The van der Waals surface area contributed by atoms with Crippen LogP contribution in [0.5, 0.6) is 0 Å². The summed E-state index contributed by atoms with van der Waals surface area (Å²) in [5, 5.41) is 3.21. The smallest absolute Gasteiger partial charge is 0.236 e. The molecular weight excluding hydrogens is 294 g/mol. The van der Waals surface area contributed by atoms with Crippen LogP contribution in [0, 0.1) is 5.92 Å². The highest BCUT2D eigenvalue weighted by molar-refractivity contribution is 7.16. The van der Waals surface area contributed by atoms with Crippen LogP contribution >= 0.6 is 22.9 Å². The Labute approximate surface area is 129 Å². The molecule has 0 aliphatic carbocycles. The topological polar surface area (TPSA) is 35.6 Å². The number of amides is 1. The van der Waals surface area contributed by atoms with E-state index in [1.807, 2.05) is 26.2 Å². The molecule has 1 N–H and O–H groups in total. The third-order valence-electron chi connectivity index (χ3n) is 3.67. The fourth-order valence-electron chi connectivity index (χ4n) is 2.58. The molecule has 1 aliphatic heterocycles. The Bertz CT molecular complexity index is 451. The maximum Gasteiger partial charge on any atom is 0.236 e. The van der Waals surface area contributed by atoms with E-state index >= 15 is 0 Å². The number of nitrogens with zero attached hydrogens (tertiary/aromatic N) is 2. The van der Waals surface area contributed by atoms with Gasteiger partial charge in [0.25, 0.3) is 0 Å². The Balaban J connectivity index is 1.77. The van der Waals surface area contributed by atoms with E-state index in [1.165, 1.54) is 17.8 Å². The molecule has 1 unspecified atom stereocenters. The van der Waals surface area contributed by atoms with E-state index in [0.717, 1.165) is 28.8 Å². The zero-order valence-corrected chi connectivity index (χ0v) is 13.6.